The molecule has 0 aliphatic rings. The Hall–Kier alpha value is -1.87. The fraction of sp³-hybridized carbons (Fsp3) is 0.400. The molecule has 108 valence electrons. The average molecular weight is 277 g/mol. The Bertz CT molecular complexity index is 502. The molecular weight excluding hydrogens is 258 g/mol. The van der Waals surface area contributed by atoms with Crippen LogP contribution in [0.5, 0.6) is 0 Å². The maximum absolute atomic E-state index is 11.7. The lowest BCUT2D eigenvalue weighted by Crippen LogP contribution is -2.19. The Labute approximate surface area is 118 Å². The molecule has 0 radical (unpaired) electrons. The zero-order valence-electron chi connectivity index (χ0n) is 11.7. The second kappa shape index (κ2) is 9.10. The molecule has 20 heavy (non-hydrogen) atoms. The molecule has 0 spiro atoms. The van der Waals surface area contributed by atoms with E-state index in [1.807, 2.05) is 19.1 Å². The standard InChI is InChI=1S/C15H19NO4/c1-12-8-13(4-3-5-17)10-14(9-12)16-15(18)11-20-7-6-19-2/h8-10,17H,5-7,11H2,1-2H3,(H,16,18). The molecular formula is C15H19NO4. The van der Waals surface area contributed by atoms with Crippen molar-refractivity contribution in [2.24, 2.45) is 0 Å². The van der Waals surface area contributed by atoms with Crippen molar-refractivity contribution < 1.29 is 19.4 Å². The van der Waals surface area contributed by atoms with E-state index in [0.717, 1.165) is 11.1 Å². The van der Waals surface area contributed by atoms with Crippen molar-refractivity contribution >= 4 is 11.6 Å². The number of hydrogen-bond donors (Lipinski definition) is 2. The summed E-state index contributed by atoms with van der Waals surface area (Å²) in [5, 5.41) is 11.4. The Kier molecular flexibility index (Phi) is 7.36. The second-order valence-electron chi connectivity index (χ2n) is 4.14. The molecule has 0 atom stereocenters. The zero-order valence-corrected chi connectivity index (χ0v) is 11.7. The quantitative estimate of drug-likeness (QED) is 0.600. The minimum absolute atomic E-state index is 0.0189. The number of carbonyl (C=O) groups is 1. The molecule has 1 rings (SSSR count). The number of nitrogens with one attached hydrogen (secondary N) is 1. The topological polar surface area (TPSA) is 67.8 Å². The lowest BCUT2D eigenvalue weighted by Gasteiger charge is -2.07. The number of methoxy groups -OCH3 is 1. The van der Waals surface area contributed by atoms with Gasteiger partial charge in [-0.25, -0.2) is 0 Å². The summed E-state index contributed by atoms with van der Waals surface area (Å²) >= 11 is 0. The summed E-state index contributed by atoms with van der Waals surface area (Å²) in [6.07, 6.45) is 0. The van der Waals surface area contributed by atoms with E-state index in [1.165, 1.54) is 0 Å². The molecule has 0 saturated carbocycles. The molecule has 0 aliphatic carbocycles. The Morgan fingerprint density at radius 3 is 2.85 bits per heavy atom. The number of carbonyl (C=O) groups excluding carboxylic acids is 1. The molecule has 5 nitrogen and oxygen atoms in total. The normalized spacial score (nSPS) is 9.75. The number of anilines is 1. The van der Waals surface area contributed by atoms with Gasteiger partial charge in [-0.1, -0.05) is 11.8 Å². The van der Waals surface area contributed by atoms with Crippen LogP contribution in [-0.2, 0) is 14.3 Å². The van der Waals surface area contributed by atoms with Crippen LogP contribution in [0.1, 0.15) is 11.1 Å². The fourth-order valence-corrected chi connectivity index (χ4v) is 1.57. The van der Waals surface area contributed by atoms with Crippen LogP contribution >= 0.6 is 0 Å². The van der Waals surface area contributed by atoms with Gasteiger partial charge in [-0.3, -0.25) is 4.79 Å². The van der Waals surface area contributed by atoms with Gasteiger partial charge in [-0.2, -0.15) is 0 Å². The fourth-order valence-electron chi connectivity index (χ4n) is 1.57. The van der Waals surface area contributed by atoms with E-state index < -0.39 is 0 Å². The summed E-state index contributed by atoms with van der Waals surface area (Å²) in [4.78, 5) is 11.7. The van der Waals surface area contributed by atoms with E-state index in [0.29, 0.717) is 18.9 Å². The van der Waals surface area contributed by atoms with Crippen molar-refractivity contribution in [2.75, 3.05) is 38.9 Å². The maximum Gasteiger partial charge on any atom is 0.250 e. The number of benzene rings is 1. The van der Waals surface area contributed by atoms with Crippen LogP contribution in [0, 0.1) is 18.8 Å². The minimum atomic E-state index is -0.229. The van der Waals surface area contributed by atoms with E-state index in [9.17, 15) is 4.79 Å². The number of rotatable bonds is 6. The average Bonchev–Trinajstić information content (AvgIpc) is 2.41. The number of hydrogen-bond acceptors (Lipinski definition) is 4. The molecule has 0 saturated heterocycles. The molecule has 0 heterocycles. The monoisotopic (exact) mass is 277 g/mol. The first-order valence-electron chi connectivity index (χ1n) is 6.23. The lowest BCUT2D eigenvalue weighted by molar-refractivity contribution is -0.121. The third kappa shape index (κ3) is 6.34. The summed E-state index contributed by atoms with van der Waals surface area (Å²) in [6.45, 7) is 2.54. The van der Waals surface area contributed by atoms with Gasteiger partial charge >= 0.3 is 0 Å². The molecule has 1 aromatic carbocycles. The largest absolute Gasteiger partial charge is 0.384 e. The highest BCUT2D eigenvalue weighted by Crippen LogP contribution is 2.13. The summed E-state index contributed by atoms with van der Waals surface area (Å²) in [6, 6.07) is 5.48. The van der Waals surface area contributed by atoms with Crippen molar-refractivity contribution in [2.45, 2.75) is 6.92 Å². The first-order chi connectivity index (χ1) is 9.65. The highest BCUT2D eigenvalue weighted by Gasteiger charge is 2.04. The van der Waals surface area contributed by atoms with E-state index in [-0.39, 0.29) is 19.1 Å². The first kappa shape index (κ1) is 16.2. The van der Waals surface area contributed by atoms with Crippen molar-refractivity contribution in [1.82, 2.24) is 0 Å². The number of aliphatic hydroxyl groups is 1. The number of aryl methyl sites for hydroxylation is 1. The third-order valence-electron chi connectivity index (χ3n) is 2.34. The van der Waals surface area contributed by atoms with Crippen molar-refractivity contribution in [3.8, 4) is 11.8 Å². The lowest BCUT2D eigenvalue weighted by atomic mass is 10.1. The van der Waals surface area contributed by atoms with Crippen LogP contribution in [0.15, 0.2) is 18.2 Å². The minimum Gasteiger partial charge on any atom is -0.384 e. The van der Waals surface area contributed by atoms with Gasteiger partial charge < -0.3 is 19.9 Å². The Morgan fingerprint density at radius 1 is 1.35 bits per heavy atom. The van der Waals surface area contributed by atoms with Crippen LogP contribution in [0.4, 0.5) is 5.69 Å². The molecule has 0 fully saturated rings. The number of amides is 1. The number of ether oxygens (including phenoxy) is 2. The van der Waals surface area contributed by atoms with Crippen LogP contribution in [0.25, 0.3) is 0 Å². The van der Waals surface area contributed by atoms with Crippen molar-refractivity contribution in [3.63, 3.8) is 0 Å². The highest BCUT2D eigenvalue weighted by atomic mass is 16.5. The van der Waals surface area contributed by atoms with Gasteiger partial charge in [0.05, 0.1) is 13.2 Å². The molecule has 0 aromatic heterocycles. The van der Waals surface area contributed by atoms with Gasteiger partial charge in [0.15, 0.2) is 0 Å². The zero-order chi connectivity index (χ0) is 14.8. The van der Waals surface area contributed by atoms with E-state index in [2.05, 4.69) is 17.2 Å². The molecule has 0 aliphatic heterocycles. The summed E-state index contributed by atoms with van der Waals surface area (Å²) in [5.41, 5.74) is 2.38. The molecule has 2 N–H and O–H groups in total. The third-order valence-corrected chi connectivity index (χ3v) is 2.34. The molecule has 0 unspecified atom stereocenters. The predicted octanol–water partition coefficient (Wildman–Crippen LogP) is 0.940. The van der Waals surface area contributed by atoms with E-state index in [1.54, 1.807) is 13.2 Å². The maximum atomic E-state index is 11.7. The molecule has 1 aromatic rings. The van der Waals surface area contributed by atoms with Crippen molar-refractivity contribution in [3.05, 3.63) is 29.3 Å². The summed E-state index contributed by atoms with van der Waals surface area (Å²) < 4.78 is 9.95. The second-order valence-corrected chi connectivity index (χ2v) is 4.14. The van der Waals surface area contributed by atoms with Crippen LogP contribution in [0.3, 0.4) is 0 Å². The van der Waals surface area contributed by atoms with Crippen LogP contribution in [0.2, 0.25) is 0 Å². The summed E-state index contributed by atoms with van der Waals surface area (Å²) in [7, 11) is 1.57. The van der Waals surface area contributed by atoms with Gasteiger partial charge in [-0.15, -0.1) is 0 Å². The smallest absolute Gasteiger partial charge is 0.250 e. The molecule has 5 heteroatoms. The first-order valence-corrected chi connectivity index (χ1v) is 6.23. The van der Waals surface area contributed by atoms with Gasteiger partial charge in [0.2, 0.25) is 5.91 Å². The van der Waals surface area contributed by atoms with Gasteiger partial charge in [0.1, 0.15) is 13.2 Å². The Morgan fingerprint density at radius 2 is 2.15 bits per heavy atom. The number of aliphatic hydroxyl groups excluding tert-OH is 1. The molecule has 1 amide bonds. The van der Waals surface area contributed by atoms with E-state index >= 15 is 0 Å². The highest BCUT2D eigenvalue weighted by molar-refractivity contribution is 5.92. The predicted molar refractivity (Wildman–Crippen MR) is 76.5 cm³/mol. The van der Waals surface area contributed by atoms with Crippen LogP contribution < -0.4 is 5.32 Å². The molecule has 0 bridgehead atoms. The van der Waals surface area contributed by atoms with Crippen molar-refractivity contribution in [1.29, 1.82) is 0 Å². The van der Waals surface area contributed by atoms with E-state index in [4.69, 9.17) is 14.6 Å². The van der Waals surface area contributed by atoms with Gasteiger partial charge in [-0.05, 0) is 30.7 Å². The Balaban J connectivity index is 2.58. The van der Waals surface area contributed by atoms with Crippen LogP contribution in [-0.4, -0.2) is 44.6 Å². The van der Waals surface area contributed by atoms with Gasteiger partial charge in [0.25, 0.3) is 0 Å². The SMILES string of the molecule is COCCOCC(=O)Nc1cc(C)cc(C#CCO)c1. The van der Waals surface area contributed by atoms with Gasteiger partial charge in [0, 0.05) is 18.4 Å². The summed E-state index contributed by atoms with van der Waals surface area (Å²) in [5.74, 6) is 5.16.